The largest absolute Gasteiger partial charge is 0.352 e. The van der Waals surface area contributed by atoms with Gasteiger partial charge >= 0.3 is 0 Å². The fourth-order valence-electron chi connectivity index (χ4n) is 2.08. The van der Waals surface area contributed by atoms with E-state index in [0.717, 1.165) is 35.2 Å². The Kier molecular flexibility index (Phi) is 5.94. The zero-order chi connectivity index (χ0) is 15.9. The number of carbonyl (C=O) groups excluding carboxylic acids is 1. The van der Waals surface area contributed by atoms with Crippen LogP contribution in [0.25, 0.3) is 6.08 Å². The molecular weight excluding hydrogens is 346 g/mol. The molecule has 0 aliphatic carbocycles. The summed E-state index contributed by atoms with van der Waals surface area (Å²) in [4.78, 5) is 11.8. The van der Waals surface area contributed by atoms with Crippen molar-refractivity contribution in [2.75, 3.05) is 6.54 Å². The molecule has 1 N–H and O–H groups in total. The lowest BCUT2D eigenvalue weighted by molar-refractivity contribution is -0.116. The van der Waals surface area contributed by atoms with Gasteiger partial charge in [0.05, 0.1) is 16.9 Å². The van der Waals surface area contributed by atoms with Crippen LogP contribution in [0, 0.1) is 6.92 Å². The lowest BCUT2D eigenvalue weighted by Crippen LogP contribution is -2.23. The van der Waals surface area contributed by atoms with Gasteiger partial charge in [-0.25, -0.2) is 0 Å². The van der Waals surface area contributed by atoms with Crippen molar-refractivity contribution in [1.82, 2.24) is 24.9 Å². The first kappa shape index (κ1) is 16.5. The molecule has 0 bridgehead atoms. The van der Waals surface area contributed by atoms with E-state index in [2.05, 4.69) is 31.4 Å². The summed E-state index contributed by atoms with van der Waals surface area (Å²) in [6.07, 6.45) is 9.62. The Hall–Kier alpha value is -1.89. The molecule has 0 atom stereocenters. The van der Waals surface area contributed by atoms with Crippen LogP contribution in [-0.2, 0) is 17.9 Å². The highest BCUT2D eigenvalue weighted by atomic mass is 79.9. The van der Waals surface area contributed by atoms with Crippen LogP contribution < -0.4 is 5.32 Å². The van der Waals surface area contributed by atoms with Crippen LogP contribution in [0.5, 0.6) is 0 Å². The van der Waals surface area contributed by atoms with Gasteiger partial charge in [0.2, 0.25) is 5.91 Å². The first-order valence-corrected chi connectivity index (χ1v) is 8.05. The van der Waals surface area contributed by atoms with E-state index in [1.54, 1.807) is 24.5 Å². The first-order valence-electron chi connectivity index (χ1n) is 7.26. The second-order valence-electron chi connectivity index (χ2n) is 4.90. The molecule has 0 spiro atoms. The second kappa shape index (κ2) is 7.93. The molecule has 0 aromatic carbocycles. The topological polar surface area (TPSA) is 64.7 Å². The van der Waals surface area contributed by atoms with Gasteiger partial charge in [0.15, 0.2) is 0 Å². The van der Waals surface area contributed by atoms with Gasteiger partial charge in [0.1, 0.15) is 0 Å². The maximum absolute atomic E-state index is 11.8. The molecule has 0 fully saturated rings. The molecule has 1 amide bonds. The van der Waals surface area contributed by atoms with Gasteiger partial charge < -0.3 is 5.32 Å². The Balaban J connectivity index is 1.73. The standard InChI is InChI=1S/C15H20BrN5O/c1-3-21-12(2)13(9-19-21)5-6-15(22)17-7-4-8-20-11-14(16)10-18-20/h5-6,9-11H,3-4,7-8H2,1-2H3,(H,17,22)/b6-5+. The second-order valence-corrected chi connectivity index (χ2v) is 5.82. The highest BCUT2D eigenvalue weighted by molar-refractivity contribution is 9.10. The average molecular weight is 366 g/mol. The van der Waals surface area contributed by atoms with Crippen molar-refractivity contribution in [3.05, 3.63) is 40.4 Å². The number of carbonyl (C=O) groups is 1. The Bertz CT molecular complexity index is 659. The van der Waals surface area contributed by atoms with E-state index in [9.17, 15) is 4.79 Å². The van der Waals surface area contributed by atoms with Crippen molar-refractivity contribution in [3.63, 3.8) is 0 Å². The van der Waals surface area contributed by atoms with E-state index in [1.807, 2.05) is 29.4 Å². The summed E-state index contributed by atoms with van der Waals surface area (Å²) in [5, 5.41) is 11.3. The average Bonchev–Trinajstić information content (AvgIpc) is 3.07. The van der Waals surface area contributed by atoms with Crippen molar-refractivity contribution >= 4 is 27.9 Å². The third-order valence-corrected chi connectivity index (χ3v) is 3.73. The monoisotopic (exact) mass is 365 g/mol. The van der Waals surface area contributed by atoms with Gasteiger partial charge in [0.25, 0.3) is 0 Å². The van der Waals surface area contributed by atoms with Crippen LogP contribution in [-0.4, -0.2) is 32.0 Å². The maximum Gasteiger partial charge on any atom is 0.244 e. The van der Waals surface area contributed by atoms with Crippen LogP contribution in [0.15, 0.2) is 29.1 Å². The Labute approximate surface area is 138 Å². The highest BCUT2D eigenvalue weighted by Gasteiger charge is 2.02. The number of rotatable bonds is 7. The molecule has 7 heteroatoms. The van der Waals surface area contributed by atoms with E-state index < -0.39 is 0 Å². The molecule has 6 nitrogen and oxygen atoms in total. The van der Waals surface area contributed by atoms with Gasteiger partial charge in [0, 0.05) is 43.2 Å². The molecule has 2 aromatic heterocycles. The fourth-order valence-corrected chi connectivity index (χ4v) is 2.41. The number of aromatic nitrogens is 4. The predicted octanol–water partition coefficient (Wildman–Crippen LogP) is 2.39. The van der Waals surface area contributed by atoms with E-state index >= 15 is 0 Å². The third kappa shape index (κ3) is 4.56. The number of hydrogen-bond acceptors (Lipinski definition) is 3. The quantitative estimate of drug-likeness (QED) is 0.605. The summed E-state index contributed by atoms with van der Waals surface area (Å²) in [6.45, 7) is 6.26. The van der Waals surface area contributed by atoms with Gasteiger partial charge in [-0.3, -0.25) is 14.2 Å². The summed E-state index contributed by atoms with van der Waals surface area (Å²) in [5.41, 5.74) is 2.04. The van der Waals surface area contributed by atoms with E-state index in [1.165, 1.54) is 0 Å². The molecule has 0 aliphatic rings. The molecular formula is C15H20BrN5O. The van der Waals surface area contributed by atoms with Crippen LogP contribution in [0.2, 0.25) is 0 Å². The SMILES string of the molecule is CCn1ncc(/C=C/C(=O)NCCCn2cc(Br)cn2)c1C. The zero-order valence-electron chi connectivity index (χ0n) is 12.8. The Morgan fingerprint density at radius 1 is 1.41 bits per heavy atom. The van der Waals surface area contributed by atoms with Gasteiger partial charge in [-0.1, -0.05) is 0 Å². The fraction of sp³-hybridized carbons (Fsp3) is 0.400. The molecule has 22 heavy (non-hydrogen) atoms. The summed E-state index contributed by atoms with van der Waals surface area (Å²) in [6, 6.07) is 0. The molecule has 2 rings (SSSR count). The Morgan fingerprint density at radius 2 is 2.23 bits per heavy atom. The minimum atomic E-state index is -0.0923. The molecule has 118 valence electrons. The molecule has 0 aliphatic heterocycles. The molecule has 0 radical (unpaired) electrons. The minimum Gasteiger partial charge on any atom is -0.352 e. The van der Waals surface area contributed by atoms with E-state index in [-0.39, 0.29) is 5.91 Å². The molecule has 0 saturated heterocycles. The lowest BCUT2D eigenvalue weighted by atomic mass is 10.2. The number of nitrogens with zero attached hydrogens (tertiary/aromatic N) is 4. The number of nitrogens with one attached hydrogen (secondary N) is 1. The van der Waals surface area contributed by atoms with Gasteiger partial charge in [-0.2, -0.15) is 10.2 Å². The summed E-state index contributed by atoms with van der Waals surface area (Å²) >= 11 is 3.35. The number of amides is 1. The first-order chi connectivity index (χ1) is 10.6. The zero-order valence-corrected chi connectivity index (χ0v) is 14.4. The minimum absolute atomic E-state index is 0.0923. The van der Waals surface area contributed by atoms with Crippen LogP contribution in [0.4, 0.5) is 0 Å². The van der Waals surface area contributed by atoms with Crippen LogP contribution in [0.3, 0.4) is 0 Å². The molecule has 2 heterocycles. The normalized spacial score (nSPS) is 11.2. The number of aryl methyl sites for hydroxylation is 2. The third-order valence-electron chi connectivity index (χ3n) is 3.32. The summed E-state index contributed by atoms with van der Waals surface area (Å²) < 4.78 is 4.71. The van der Waals surface area contributed by atoms with Crippen molar-refractivity contribution in [2.45, 2.75) is 33.4 Å². The van der Waals surface area contributed by atoms with E-state index in [4.69, 9.17) is 0 Å². The van der Waals surface area contributed by atoms with Crippen molar-refractivity contribution in [1.29, 1.82) is 0 Å². The lowest BCUT2D eigenvalue weighted by Gasteiger charge is -2.03. The number of halogens is 1. The molecule has 0 saturated carbocycles. The smallest absolute Gasteiger partial charge is 0.244 e. The highest BCUT2D eigenvalue weighted by Crippen LogP contribution is 2.09. The number of hydrogen-bond donors (Lipinski definition) is 1. The van der Waals surface area contributed by atoms with Crippen molar-refractivity contribution in [2.24, 2.45) is 0 Å². The predicted molar refractivity (Wildman–Crippen MR) is 89.2 cm³/mol. The molecule has 0 unspecified atom stereocenters. The van der Waals surface area contributed by atoms with Gasteiger partial charge in [-0.15, -0.1) is 0 Å². The summed E-state index contributed by atoms with van der Waals surface area (Å²) in [7, 11) is 0. The van der Waals surface area contributed by atoms with Crippen LogP contribution in [0.1, 0.15) is 24.6 Å². The summed E-state index contributed by atoms with van der Waals surface area (Å²) in [5.74, 6) is -0.0923. The van der Waals surface area contributed by atoms with Crippen LogP contribution >= 0.6 is 15.9 Å². The van der Waals surface area contributed by atoms with Gasteiger partial charge in [-0.05, 0) is 42.3 Å². The van der Waals surface area contributed by atoms with Crippen molar-refractivity contribution < 1.29 is 4.79 Å². The molecule has 2 aromatic rings. The van der Waals surface area contributed by atoms with E-state index in [0.29, 0.717) is 6.54 Å². The van der Waals surface area contributed by atoms with Crippen molar-refractivity contribution in [3.8, 4) is 0 Å². The maximum atomic E-state index is 11.8. The Morgan fingerprint density at radius 3 is 2.86 bits per heavy atom.